The van der Waals surface area contributed by atoms with Gasteiger partial charge in [-0.2, -0.15) is 0 Å². The summed E-state index contributed by atoms with van der Waals surface area (Å²) in [5, 5.41) is 34.0. The third-order valence-corrected chi connectivity index (χ3v) is 4.18. The van der Waals surface area contributed by atoms with Gasteiger partial charge in [0.15, 0.2) is 0 Å². The molecular weight excluding hydrogens is 360 g/mol. The standard InChI is InChI=1S/C8H18O2.2C7H6O2/c1-7(3-5-9)8(2)4-6-10;2*8-7(9)6-4-2-1-3-5-6/h7-10H,3-6H2,1-2H3;2*1-5H,(H,8,9). The highest BCUT2D eigenvalue weighted by Crippen LogP contribution is 2.17. The lowest BCUT2D eigenvalue weighted by atomic mass is 9.91. The molecule has 4 N–H and O–H groups in total. The molecule has 2 atom stereocenters. The maximum atomic E-state index is 10.2. The van der Waals surface area contributed by atoms with Crippen LogP contribution in [0.4, 0.5) is 0 Å². The van der Waals surface area contributed by atoms with Gasteiger partial charge in [-0.05, 0) is 48.9 Å². The quantitative estimate of drug-likeness (QED) is 0.572. The van der Waals surface area contributed by atoms with Gasteiger partial charge in [0.25, 0.3) is 0 Å². The summed E-state index contributed by atoms with van der Waals surface area (Å²) in [5.74, 6) is -0.708. The Hall–Kier alpha value is -2.70. The lowest BCUT2D eigenvalue weighted by Crippen LogP contribution is -2.11. The summed E-state index contributed by atoms with van der Waals surface area (Å²) in [4.78, 5) is 20.4. The average Bonchev–Trinajstić information content (AvgIpc) is 2.70. The van der Waals surface area contributed by atoms with Crippen molar-refractivity contribution in [3.05, 3.63) is 71.8 Å². The van der Waals surface area contributed by atoms with Gasteiger partial charge >= 0.3 is 11.9 Å². The number of aromatic carboxylic acids is 2. The second kappa shape index (κ2) is 15.4. The maximum absolute atomic E-state index is 10.2. The normalized spacial score (nSPS) is 11.7. The molecule has 154 valence electrons. The zero-order chi connectivity index (χ0) is 21.4. The number of carboxylic acids is 2. The van der Waals surface area contributed by atoms with Gasteiger partial charge in [0.1, 0.15) is 0 Å². The van der Waals surface area contributed by atoms with Crippen molar-refractivity contribution in [3.63, 3.8) is 0 Å². The van der Waals surface area contributed by atoms with Gasteiger partial charge in [-0.25, -0.2) is 9.59 Å². The van der Waals surface area contributed by atoms with E-state index in [1.807, 2.05) is 0 Å². The maximum Gasteiger partial charge on any atom is 0.335 e. The van der Waals surface area contributed by atoms with Crippen LogP contribution >= 0.6 is 0 Å². The molecule has 2 unspecified atom stereocenters. The van der Waals surface area contributed by atoms with Crippen molar-refractivity contribution in [2.45, 2.75) is 26.7 Å². The Bertz CT molecular complexity index is 598. The first-order chi connectivity index (χ1) is 13.3. The predicted octanol–water partition coefficient (Wildman–Crippen LogP) is 3.79. The van der Waals surface area contributed by atoms with Crippen LogP contribution in [-0.4, -0.2) is 45.6 Å². The van der Waals surface area contributed by atoms with E-state index in [1.54, 1.807) is 60.7 Å². The van der Waals surface area contributed by atoms with E-state index in [1.165, 1.54) is 0 Å². The first kappa shape index (κ1) is 25.3. The third kappa shape index (κ3) is 11.8. The molecule has 0 aromatic heterocycles. The van der Waals surface area contributed by atoms with Crippen molar-refractivity contribution < 1.29 is 30.0 Å². The molecule has 0 spiro atoms. The molecule has 0 heterocycles. The summed E-state index contributed by atoms with van der Waals surface area (Å²) in [7, 11) is 0. The van der Waals surface area contributed by atoms with Gasteiger partial charge < -0.3 is 20.4 Å². The molecule has 6 heteroatoms. The largest absolute Gasteiger partial charge is 0.478 e. The van der Waals surface area contributed by atoms with Crippen LogP contribution in [0.2, 0.25) is 0 Å². The Kier molecular flexibility index (Phi) is 13.9. The molecule has 0 amide bonds. The van der Waals surface area contributed by atoms with Crippen molar-refractivity contribution in [3.8, 4) is 0 Å². The van der Waals surface area contributed by atoms with E-state index >= 15 is 0 Å². The smallest absolute Gasteiger partial charge is 0.335 e. The van der Waals surface area contributed by atoms with E-state index in [9.17, 15) is 9.59 Å². The molecule has 28 heavy (non-hydrogen) atoms. The van der Waals surface area contributed by atoms with Crippen LogP contribution in [0.1, 0.15) is 47.4 Å². The molecule has 0 aliphatic carbocycles. The summed E-state index contributed by atoms with van der Waals surface area (Å²) < 4.78 is 0. The Morgan fingerprint density at radius 2 is 0.964 bits per heavy atom. The molecule has 0 aliphatic rings. The van der Waals surface area contributed by atoms with E-state index in [2.05, 4.69) is 13.8 Å². The lowest BCUT2D eigenvalue weighted by Gasteiger charge is -2.17. The molecule has 0 aliphatic heterocycles. The minimum atomic E-state index is -0.879. The zero-order valence-corrected chi connectivity index (χ0v) is 16.4. The molecule has 6 nitrogen and oxygen atoms in total. The SMILES string of the molecule is CC(CCO)C(C)CCO.O=C(O)c1ccccc1.O=C(O)c1ccccc1. The fourth-order valence-electron chi connectivity index (χ4n) is 2.14. The number of hydrogen-bond donors (Lipinski definition) is 4. The van der Waals surface area contributed by atoms with Crippen LogP contribution in [0.15, 0.2) is 60.7 Å². The third-order valence-electron chi connectivity index (χ3n) is 4.18. The van der Waals surface area contributed by atoms with Gasteiger partial charge in [0.2, 0.25) is 0 Å². The highest BCUT2D eigenvalue weighted by atomic mass is 16.4. The minimum Gasteiger partial charge on any atom is -0.478 e. The first-order valence-corrected chi connectivity index (χ1v) is 9.11. The zero-order valence-electron chi connectivity index (χ0n) is 16.4. The van der Waals surface area contributed by atoms with Crippen molar-refractivity contribution in [2.24, 2.45) is 11.8 Å². The Labute approximate surface area is 166 Å². The summed E-state index contributed by atoms with van der Waals surface area (Å²) >= 11 is 0. The van der Waals surface area contributed by atoms with Crippen molar-refractivity contribution in [1.29, 1.82) is 0 Å². The number of hydrogen-bond acceptors (Lipinski definition) is 4. The Balaban J connectivity index is 0.000000391. The fraction of sp³-hybridized carbons (Fsp3) is 0.364. The monoisotopic (exact) mass is 390 g/mol. The molecular formula is C22H30O6. The fourth-order valence-corrected chi connectivity index (χ4v) is 2.14. The molecule has 0 fully saturated rings. The minimum absolute atomic E-state index is 0.261. The summed E-state index contributed by atoms with van der Waals surface area (Å²) in [6.07, 6.45) is 1.70. The molecule has 2 aromatic rings. The number of benzene rings is 2. The number of carboxylic acid groups (broad SMARTS) is 2. The van der Waals surface area contributed by atoms with Crippen LogP contribution in [0.5, 0.6) is 0 Å². The van der Waals surface area contributed by atoms with Gasteiger partial charge in [-0.1, -0.05) is 50.2 Å². The van der Waals surface area contributed by atoms with E-state index in [0.29, 0.717) is 23.0 Å². The number of carbonyl (C=O) groups is 2. The highest BCUT2D eigenvalue weighted by molar-refractivity contribution is 5.87. The molecule has 0 saturated heterocycles. The van der Waals surface area contributed by atoms with Crippen LogP contribution in [-0.2, 0) is 0 Å². The number of rotatable bonds is 7. The summed E-state index contributed by atoms with van der Waals surface area (Å²) in [5.41, 5.74) is 0.662. The second-order valence-electron chi connectivity index (χ2n) is 6.32. The Morgan fingerprint density at radius 1 is 0.679 bits per heavy atom. The molecule has 0 bridgehead atoms. The van der Waals surface area contributed by atoms with Gasteiger partial charge in [-0.3, -0.25) is 0 Å². The summed E-state index contributed by atoms with van der Waals surface area (Å²) in [6, 6.07) is 16.6. The highest BCUT2D eigenvalue weighted by Gasteiger charge is 2.09. The van der Waals surface area contributed by atoms with E-state index in [0.717, 1.165) is 12.8 Å². The molecule has 0 saturated carbocycles. The summed E-state index contributed by atoms with van der Waals surface area (Å²) in [6.45, 7) is 4.74. The molecule has 2 aromatic carbocycles. The van der Waals surface area contributed by atoms with Crippen LogP contribution in [0.25, 0.3) is 0 Å². The van der Waals surface area contributed by atoms with E-state index < -0.39 is 11.9 Å². The van der Waals surface area contributed by atoms with Crippen molar-refractivity contribution in [1.82, 2.24) is 0 Å². The average molecular weight is 390 g/mol. The topological polar surface area (TPSA) is 115 Å². The van der Waals surface area contributed by atoms with Gasteiger partial charge in [0, 0.05) is 13.2 Å². The Morgan fingerprint density at radius 3 is 1.14 bits per heavy atom. The molecule has 0 radical (unpaired) electrons. The molecule has 2 rings (SSSR count). The van der Waals surface area contributed by atoms with E-state index in [4.69, 9.17) is 20.4 Å². The van der Waals surface area contributed by atoms with Crippen molar-refractivity contribution >= 4 is 11.9 Å². The first-order valence-electron chi connectivity index (χ1n) is 9.11. The van der Waals surface area contributed by atoms with Crippen molar-refractivity contribution in [2.75, 3.05) is 13.2 Å². The van der Waals surface area contributed by atoms with Crippen LogP contribution in [0.3, 0.4) is 0 Å². The van der Waals surface area contributed by atoms with Gasteiger partial charge in [-0.15, -0.1) is 0 Å². The predicted molar refractivity (Wildman–Crippen MR) is 109 cm³/mol. The number of aliphatic hydroxyl groups excluding tert-OH is 2. The second-order valence-corrected chi connectivity index (χ2v) is 6.32. The van der Waals surface area contributed by atoms with Gasteiger partial charge in [0.05, 0.1) is 11.1 Å². The number of aliphatic hydroxyl groups is 2. The lowest BCUT2D eigenvalue weighted by molar-refractivity contribution is 0.0686. The van der Waals surface area contributed by atoms with Crippen LogP contribution < -0.4 is 0 Å². The van der Waals surface area contributed by atoms with Crippen LogP contribution in [0, 0.1) is 11.8 Å². The van der Waals surface area contributed by atoms with E-state index in [-0.39, 0.29) is 13.2 Å².